The highest BCUT2D eigenvalue weighted by Crippen LogP contribution is 2.27. The average molecular weight is 387 g/mol. The second-order valence-electron chi connectivity index (χ2n) is 4.30. The third-order valence-corrected chi connectivity index (χ3v) is 4.33. The molecule has 2 rings (SSSR count). The van der Waals surface area contributed by atoms with Gasteiger partial charge in [0.05, 0.1) is 0 Å². The quantitative estimate of drug-likeness (QED) is 0.791. The Morgan fingerprint density at radius 1 is 1.16 bits per heavy atom. The van der Waals surface area contributed by atoms with E-state index in [9.17, 15) is 4.39 Å². The number of hydrogen-bond donors (Lipinski definition) is 1. The maximum Gasteiger partial charge on any atom is 0.128 e. The summed E-state index contributed by atoms with van der Waals surface area (Å²) in [4.78, 5) is 0. The summed E-state index contributed by atoms with van der Waals surface area (Å²) < 4.78 is 15.9. The predicted molar refractivity (Wildman–Crippen MR) is 83.7 cm³/mol. The third-order valence-electron chi connectivity index (χ3n) is 3.06. The van der Waals surface area contributed by atoms with Gasteiger partial charge in [0.25, 0.3) is 0 Å². The summed E-state index contributed by atoms with van der Waals surface area (Å²) in [5, 5.41) is 3.18. The molecule has 0 heterocycles. The second-order valence-corrected chi connectivity index (χ2v) is 6.07. The first-order valence-corrected chi connectivity index (χ1v) is 7.56. The van der Waals surface area contributed by atoms with Crippen LogP contribution in [0.4, 0.5) is 4.39 Å². The molecule has 1 atom stereocenters. The van der Waals surface area contributed by atoms with Crippen molar-refractivity contribution in [2.45, 2.75) is 12.5 Å². The minimum atomic E-state index is -0.186. The van der Waals surface area contributed by atoms with E-state index in [-0.39, 0.29) is 11.9 Å². The van der Waals surface area contributed by atoms with Gasteiger partial charge < -0.3 is 5.32 Å². The molecule has 0 fully saturated rings. The highest BCUT2D eigenvalue weighted by atomic mass is 79.9. The van der Waals surface area contributed by atoms with E-state index in [0.717, 1.165) is 20.9 Å². The Balaban J connectivity index is 2.30. The van der Waals surface area contributed by atoms with E-state index in [1.54, 1.807) is 6.07 Å². The molecular weight excluding hydrogens is 373 g/mol. The molecule has 0 amide bonds. The smallest absolute Gasteiger partial charge is 0.128 e. The van der Waals surface area contributed by atoms with E-state index >= 15 is 0 Å². The second kappa shape index (κ2) is 6.64. The SMILES string of the molecule is CNC(Cc1ccccc1Br)c1cc(Br)ccc1F. The fraction of sp³-hybridized carbons (Fsp3) is 0.200. The summed E-state index contributed by atoms with van der Waals surface area (Å²) in [6.07, 6.45) is 0.727. The molecule has 0 bridgehead atoms. The van der Waals surface area contributed by atoms with Gasteiger partial charge in [-0.1, -0.05) is 50.1 Å². The molecule has 0 aliphatic carbocycles. The van der Waals surface area contributed by atoms with Crippen molar-refractivity contribution in [3.05, 3.63) is 68.4 Å². The molecule has 4 heteroatoms. The summed E-state index contributed by atoms with van der Waals surface area (Å²) >= 11 is 6.92. The third kappa shape index (κ3) is 3.65. The maximum atomic E-state index is 13.9. The van der Waals surface area contributed by atoms with Crippen molar-refractivity contribution in [2.24, 2.45) is 0 Å². The van der Waals surface area contributed by atoms with Crippen LogP contribution in [0, 0.1) is 5.82 Å². The molecule has 1 unspecified atom stereocenters. The molecule has 0 aliphatic rings. The summed E-state index contributed by atoms with van der Waals surface area (Å²) in [6, 6.07) is 13.0. The fourth-order valence-electron chi connectivity index (χ4n) is 2.03. The van der Waals surface area contributed by atoms with Gasteiger partial charge in [0.1, 0.15) is 5.82 Å². The highest BCUT2D eigenvalue weighted by molar-refractivity contribution is 9.10. The topological polar surface area (TPSA) is 12.0 Å². The molecule has 2 aromatic carbocycles. The van der Waals surface area contributed by atoms with E-state index in [2.05, 4.69) is 37.2 Å². The number of hydrogen-bond acceptors (Lipinski definition) is 1. The monoisotopic (exact) mass is 385 g/mol. The largest absolute Gasteiger partial charge is 0.313 e. The normalized spacial score (nSPS) is 12.4. The van der Waals surface area contributed by atoms with Crippen LogP contribution in [0.25, 0.3) is 0 Å². The van der Waals surface area contributed by atoms with Crippen molar-refractivity contribution < 1.29 is 4.39 Å². The summed E-state index contributed by atoms with van der Waals surface area (Å²) in [5.41, 5.74) is 1.83. The van der Waals surface area contributed by atoms with Gasteiger partial charge in [-0.15, -0.1) is 0 Å². The number of rotatable bonds is 4. The zero-order valence-electron chi connectivity index (χ0n) is 10.5. The van der Waals surface area contributed by atoms with Gasteiger partial charge in [0.2, 0.25) is 0 Å². The molecule has 0 spiro atoms. The molecule has 1 N–H and O–H groups in total. The average Bonchev–Trinajstić information content (AvgIpc) is 2.41. The lowest BCUT2D eigenvalue weighted by atomic mass is 9.98. The Morgan fingerprint density at radius 2 is 1.89 bits per heavy atom. The lowest BCUT2D eigenvalue weighted by molar-refractivity contribution is 0.533. The minimum absolute atomic E-state index is 0.0591. The Bertz CT molecular complexity index is 572. The van der Waals surface area contributed by atoms with E-state index in [4.69, 9.17) is 0 Å². The number of nitrogens with one attached hydrogen (secondary N) is 1. The van der Waals surface area contributed by atoms with E-state index < -0.39 is 0 Å². The molecule has 0 aromatic heterocycles. The van der Waals surface area contributed by atoms with Crippen molar-refractivity contribution in [1.29, 1.82) is 0 Å². The Labute approximate surface area is 129 Å². The van der Waals surface area contributed by atoms with Gasteiger partial charge in [0.15, 0.2) is 0 Å². The van der Waals surface area contributed by atoms with Gasteiger partial charge in [-0.2, -0.15) is 0 Å². The lowest BCUT2D eigenvalue weighted by Gasteiger charge is -2.18. The van der Waals surface area contributed by atoms with E-state index in [1.807, 2.05) is 37.4 Å². The lowest BCUT2D eigenvalue weighted by Crippen LogP contribution is -2.20. The molecule has 1 nitrogen and oxygen atoms in total. The van der Waals surface area contributed by atoms with Crippen LogP contribution in [0.15, 0.2) is 51.4 Å². The summed E-state index contributed by atoms with van der Waals surface area (Å²) in [6.45, 7) is 0. The first kappa shape index (κ1) is 14.7. The highest BCUT2D eigenvalue weighted by Gasteiger charge is 2.16. The first-order chi connectivity index (χ1) is 9.11. The maximum absolute atomic E-state index is 13.9. The number of benzene rings is 2. The molecular formula is C15H14Br2FN. The van der Waals surface area contributed by atoms with Crippen LogP contribution >= 0.6 is 31.9 Å². The van der Waals surface area contributed by atoms with Crippen LogP contribution in [0.5, 0.6) is 0 Å². The van der Waals surface area contributed by atoms with Crippen molar-refractivity contribution in [1.82, 2.24) is 5.32 Å². The molecule has 0 saturated heterocycles. The molecule has 19 heavy (non-hydrogen) atoms. The van der Waals surface area contributed by atoms with Crippen LogP contribution in [0.2, 0.25) is 0 Å². The zero-order chi connectivity index (χ0) is 13.8. The van der Waals surface area contributed by atoms with Gasteiger partial charge in [-0.25, -0.2) is 4.39 Å². The Morgan fingerprint density at radius 3 is 2.58 bits per heavy atom. The molecule has 0 saturated carbocycles. The van der Waals surface area contributed by atoms with Crippen LogP contribution in [0.1, 0.15) is 17.2 Å². The van der Waals surface area contributed by atoms with Crippen LogP contribution in [0.3, 0.4) is 0 Å². The van der Waals surface area contributed by atoms with Gasteiger partial charge in [0, 0.05) is 20.6 Å². The molecule has 0 aliphatic heterocycles. The first-order valence-electron chi connectivity index (χ1n) is 5.97. The van der Waals surface area contributed by atoms with Crippen LogP contribution < -0.4 is 5.32 Å². The Kier molecular flexibility index (Phi) is 5.13. The van der Waals surface area contributed by atoms with Crippen molar-refractivity contribution in [3.8, 4) is 0 Å². The van der Waals surface area contributed by atoms with Crippen LogP contribution in [-0.2, 0) is 6.42 Å². The van der Waals surface area contributed by atoms with Crippen LogP contribution in [-0.4, -0.2) is 7.05 Å². The predicted octanol–water partition coefficient (Wildman–Crippen LogP) is 4.85. The van der Waals surface area contributed by atoms with Crippen molar-refractivity contribution >= 4 is 31.9 Å². The number of likely N-dealkylation sites (N-methyl/N-ethyl adjacent to an activating group) is 1. The van der Waals surface area contributed by atoms with E-state index in [1.165, 1.54) is 6.07 Å². The minimum Gasteiger partial charge on any atom is -0.313 e. The number of halogens is 3. The van der Waals surface area contributed by atoms with Crippen molar-refractivity contribution in [3.63, 3.8) is 0 Å². The van der Waals surface area contributed by atoms with Gasteiger partial charge in [-0.05, 0) is 43.3 Å². The fourth-order valence-corrected chi connectivity index (χ4v) is 2.86. The molecule has 100 valence electrons. The van der Waals surface area contributed by atoms with Crippen molar-refractivity contribution in [2.75, 3.05) is 7.05 Å². The Hall–Kier alpha value is -0.710. The van der Waals surface area contributed by atoms with E-state index in [0.29, 0.717) is 5.56 Å². The zero-order valence-corrected chi connectivity index (χ0v) is 13.6. The molecule has 0 radical (unpaired) electrons. The van der Waals surface area contributed by atoms with Gasteiger partial charge >= 0.3 is 0 Å². The summed E-state index contributed by atoms with van der Waals surface area (Å²) in [7, 11) is 1.85. The molecule has 2 aromatic rings. The summed E-state index contributed by atoms with van der Waals surface area (Å²) in [5.74, 6) is -0.186. The standard InChI is InChI=1S/C15H14Br2FN/c1-19-15(8-10-4-2-3-5-13(10)17)12-9-11(16)6-7-14(12)18/h2-7,9,15,19H,8H2,1H3. The van der Waals surface area contributed by atoms with Gasteiger partial charge in [-0.3, -0.25) is 0 Å².